The second-order valence-electron chi connectivity index (χ2n) is 3.97. The molecule has 2 N–H and O–H groups in total. The molecule has 1 saturated carbocycles. The van der Waals surface area contributed by atoms with Crippen molar-refractivity contribution in [3.8, 4) is 0 Å². The lowest BCUT2D eigenvalue weighted by molar-refractivity contribution is -0.139. The smallest absolute Gasteiger partial charge is 0.320 e. The molecule has 1 aliphatic rings. The summed E-state index contributed by atoms with van der Waals surface area (Å²) in [4.78, 5) is 10.4. The van der Waals surface area contributed by atoms with Crippen molar-refractivity contribution in [2.45, 2.75) is 39.3 Å². The largest absolute Gasteiger partial charge is 0.480 e. The average Bonchev–Trinajstić information content (AvgIpc) is 2.39. The first kappa shape index (κ1) is 8.53. The van der Waals surface area contributed by atoms with Crippen LogP contribution in [0, 0.1) is 5.41 Å². The molecule has 3 heteroatoms. The van der Waals surface area contributed by atoms with Crippen LogP contribution in [0.1, 0.15) is 27.2 Å². The van der Waals surface area contributed by atoms with Gasteiger partial charge in [-0.3, -0.25) is 4.79 Å². The van der Waals surface area contributed by atoms with Crippen LogP contribution < -0.4 is 5.32 Å². The molecule has 64 valence electrons. The number of nitrogens with one attached hydrogen (secondary N) is 1. The molecule has 0 aromatic carbocycles. The summed E-state index contributed by atoms with van der Waals surface area (Å²) in [5.41, 5.74) is 0.309. The molecule has 0 bridgehead atoms. The number of rotatable bonds is 3. The molecule has 0 amide bonds. The van der Waals surface area contributed by atoms with Gasteiger partial charge in [0.15, 0.2) is 0 Å². The molecular weight excluding hydrogens is 142 g/mol. The standard InChI is InChI=1S/C8H15NO2/c1-5(7(10)11)9-6-4-8(6,2)3/h5-6,9H,4H2,1-3H3,(H,10,11). The van der Waals surface area contributed by atoms with E-state index in [4.69, 9.17) is 5.11 Å². The van der Waals surface area contributed by atoms with Crippen LogP contribution in [0.15, 0.2) is 0 Å². The summed E-state index contributed by atoms with van der Waals surface area (Å²) in [7, 11) is 0. The van der Waals surface area contributed by atoms with Crippen LogP contribution >= 0.6 is 0 Å². The van der Waals surface area contributed by atoms with Crippen molar-refractivity contribution in [1.82, 2.24) is 5.32 Å². The first-order chi connectivity index (χ1) is 4.93. The van der Waals surface area contributed by atoms with E-state index in [2.05, 4.69) is 19.2 Å². The highest BCUT2D eigenvalue weighted by molar-refractivity contribution is 5.72. The summed E-state index contributed by atoms with van der Waals surface area (Å²) in [6, 6.07) is -0.0182. The van der Waals surface area contributed by atoms with E-state index in [9.17, 15) is 4.79 Å². The predicted molar refractivity (Wildman–Crippen MR) is 42.4 cm³/mol. The Morgan fingerprint density at radius 3 is 2.45 bits per heavy atom. The average molecular weight is 157 g/mol. The number of carboxylic acids is 1. The van der Waals surface area contributed by atoms with Crippen molar-refractivity contribution in [2.75, 3.05) is 0 Å². The normalized spacial score (nSPS) is 29.5. The quantitative estimate of drug-likeness (QED) is 0.638. The minimum atomic E-state index is -0.771. The van der Waals surface area contributed by atoms with E-state index in [1.54, 1.807) is 6.92 Å². The van der Waals surface area contributed by atoms with Crippen molar-refractivity contribution >= 4 is 5.97 Å². The van der Waals surface area contributed by atoms with Crippen LogP contribution in [0.5, 0.6) is 0 Å². The minimum Gasteiger partial charge on any atom is -0.480 e. The highest BCUT2D eigenvalue weighted by Crippen LogP contribution is 2.44. The molecule has 2 atom stereocenters. The first-order valence-corrected chi connectivity index (χ1v) is 3.92. The molecule has 1 fully saturated rings. The zero-order valence-electron chi connectivity index (χ0n) is 7.22. The Morgan fingerprint density at radius 2 is 2.18 bits per heavy atom. The maximum Gasteiger partial charge on any atom is 0.320 e. The van der Waals surface area contributed by atoms with Gasteiger partial charge in [0.25, 0.3) is 0 Å². The maximum absolute atomic E-state index is 10.4. The van der Waals surface area contributed by atoms with Crippen LogP contribution in [-0.4, -0.2) is 23.2 Å². The van der Waals surface area contributed by atoms with Gasteiger partial charge in [-0.15, -0.1) is 0 Å². The van der Waals surface area contributed by atoms with Crippen molar-refractivity contribution < 1.29 is 9.90 Å². The van der Waals surface area contributed by atoms with E-state index < -0.39 is 12.0 Å². The van der Waals surface area contributed by atoms with Gasteiger partial charge in [-0.2, -0.15) is 0 Å². The monoisotopic (exact) mass is 157 g/mol. The number of hydrogen-bond acceptors (Lipinski definition) is 2. The molecule has 0 radical (unpaired) electrons. The van der Waals surface area contributed by atoms with Crippen molar-refractivity contribution in [3.63, 3.8) is 0 Å². The van der Waals surface area contributed by atoms with Gasteiger partial charge in [-0.25, -0.2) is 0 Å². The summed E-state index contributed by atoms with van der Waals surface area (Å²) < 4.78 is 0. The second-order valence-corrected chi connectivity index (χ2v) is 3.97. The molecule has 2 unspecified atom stereocenters. The van der Waals surface area contributed by atoms with E-state index >= 15 is 0 Å². The van der Waals surface area contributed by atoms with E-state index in [-0.39, 0.29) is 0 Å². The van der Waals surface area contributed by atoms with Crippen LogP contribution in [-0.2, 0) is 4.79 Å². The lowest BCUT2D eigenvalue weighted by atomic mass is 10.2. The Labute approximate surface area is 66.8 Å². The SMILES string of the molecule is CC(NC1CC1(C)C)C(=O)O. The molecule has 11 heavy (non-hydrogen) atoms. The summed E-state index contributed by atoms with van der Waals surface area (Å²) in [5.74, 6) is -0.771. The van der Waals surface area contributed by atoms with Crippen LogP contribution in [0.25, 0.3) is 0 Å². The molecular formula is C8H15NO2. The van der Waals surface area contributed by atoms with Crippen LogP contribution in [0.3, 0.4) is 0 Å². The van der Waals surface area contributed by atoms with Crippen molar-refractivity contribution in [2.24, 2.45) is 5.41 Å². The summed E-state index contributed by atoms with van der Waals surface area (Å²) in [6.45, 7) is 5.95. The fourth-order valence-electron chi connectivity index (χ4n) is 1.12. The molecule has 3 nitrogen and oxygen atoms in total. The third kappa shape index (κ3) is 1.93. The van der Waals surface area contributed by atoms with Gasteiger partial charge in [0.05, 0.1) is 0 Å². The zero-order chi connectivity index (χ0) is 8.65. The Hall–Kier alpha value is -0.570. The Bertz CT molecular complexity index is 177. The Balaban J connectivity index is 2.29. The predicted octanol–water partition coefficient (Wildman–Crippen LogP) is 0.848. The number of carbonyl (C=O) groups is 1. The third-order valence-electron chi connectivity index (χ3n) is 2.34. The van der Waals surface area contributed by atoms with Crippen molar-refractivity contribution in [1.29, 1.82) is 0 Å². The number of hydrogen-bond donors (Lipinski definition) is 2. The first-order valence-electron chi connectivity index (χ1n) is 3.92. The number of carboxylic acid groups (broad SMARTS) is 1. The van der Waals surface area contributed by atoms with E-state index in [0.29, 0.717) is 11.5 Å². The van der Waals surface area contributed by atoms with E-state index in [1.807, 2.05) is 0 Å². The summed E-state index contributed by atoms with van der Waals surface area (Å²) in [5, 5.41) is 11.6. The van der Waals surface area contributed by atoms with Gasteiger partial charge < -0.3 is 10.4 Å². The summed E-state index contributed by atoms with van der Waals surface area (Å²) >= 11 is 0. The molecule has 1 aliphatic carbocycles. The van der Waals surface area contributed by atoms with Gasteiger partial charge in [-0.05, 0) is 18.8 Å². The molecule has 0 saturated heterocycles. The van der Waals surface area contributed by atoms with Gasteiger partial charge in [0.1, 0.15) is 6.04 Å². The maximum atomic E-state index is 10.4. The molecule has 0 aromatic rings. The van der Waals surface area contributed by atoms with Crippen molar-refractivity contribution in [3.05, 3.63) is 0 Å². The molecule has 0 aliphatic heterocycles. The fraction of sp³-hybridized carbons (Fsp3) is 0.875. The lowest BCUT2D eigenvalue weighted by Gasteiger charge is -2.09. The second kappa shape index (κ2) is 2.48. The van der Waals surface area contributed by atoms with E-state index in [1.165, 1.54) is 0 Å². The lowest BCUT2D eigenvalue weighted by Crippen LogP contribution is -2.36. The van der Waals surface area contributed by atoms with Crippen LogP contribution in [0.2, 0.25) is 0 Å². The third-order valence-corrected chi connectivity index (χ3v) is 2.34. The van der Waals surface area contributed by atoms with Gasteiger partial charge in [-0.1, -0.05) is 13.8 Å². The van der Waals surface area contributed by atoms with Gasteiger partial charge >= 0.3 is 5.97 Å². The van der Waals surface area contributed by atoms with E-state index in [0.717, 1.165) is 6.42 Å². The van der Waals surface area contributed by atoms with Crippen LogP contribution in [0.4, 0.5) is 0 Å². The Kier molecular flexibility index (Phi) is 1.92. The highest BCUT2D eigenvalue weighted by atomic mass is 16.4. The van der Waals surface area contributed by atoms with Gasteiger partial charge in [0.2, 0.25) is 0 Å². The molecule has 0 aromatic heterocycles. The topological polar surface area (TPSA) is 49.3 Å². The number of aliphatic carboxylic acids is 1. The van der Waals surface area contributed by atoms with Gasteiger partial charge in [0, 0.05) is 6.04 Å². The fourth-order valence-corrected chi connectivity index (χ4v) is 1.12. The Morgan fingerprint density at radius 1 is 1.73 bits per heavy atom. The molecule has 0 spiro atoms. The molecule has 0 heterocycles. The molecule has 1 rings (SSSR count). The minimum absolute atomic E-state index is 0.309. The summed E-state index contributed by atoms with van der Waals surface area (Å²) in [6.07, 6.45) is 1.09. The highest BCUT2D eigenvalue weighted by Gasteiger charge is 2.46. The zero-order valence-corrected chi connectivity index (χ0v) is 7.22.